The minimum atomic E-state index is -1.92. The number of nitriles is 1. The standard InChI is InChI=1S/C9H11NSe/c1-11(2,8-10)9-6-4-3-5-7-9/h3-7H,1-2H3. The molecule has 1 aromatic rings. The van der Waals surface area contributed by atoms with Gasteiger partial charge in [-0.15, -0.1) is 0 Å². The van der Waals surface area contributed by atoms with Crippen LogP contribution in [0.25, 0.3) is 0 Å². The van der Waals surface area contributed by atoms with Gasteiger partial charge in [-0.1, -0.05) is 0 Å². The number of nitrogens with zero attached hydrogens (tertiary/aromatic N) is 1. The molecule has 0 heterocycles. The Morgan fingerprint density at radius 3 is 2.18 bits per heavy atom. The first-order valence-electron chi connectivity index (χ1n) is 3.36. The van der Waals surface area contributed by atoms with Crippen molar-refractivity contribution >= 4 is 17.3 Å². The molecule has 58 valence electrons. The molecule has 1 rings (SSSR count). The molecule has 2 heteroatoms. The van der Waals surface area contributed by atoms with Crippen molar-refractivity contribution in [1.29, 1.82) is 5.26 Å². The van der Waals surface area contributed by atoms with E-state index in [4.69, 9.17) is 5.26 Å². The molecular formula is C9H11NSe. The van der Waals surface area contributed by atoms with Gasteiger partial charge in [-0.05, 0) is 0 Å². The van der Waals surface area contributed by atoms with Crippen LogP contribution in [0.1, 0.15) is 0 Å². The molecule has 0 radical (unpaired) electrons. The Morgan fingerprint density at radius 1 is 1.18 bits per heavy atom. The quantitative estimate of drug-likeness (QED) is 0.649. The summed E-state index contributed by atoms with van der Waals surface area (Å²) in [6.45, 7) is 0. The Hall–Kier alpha value is -0.771. The molecule has 0 bridgehead atoms. The van der Waals surface area contributed by atoms with Crippen LogP contribution in [0.4, 0.5) is 0 Å². The van der Waals surface area contributed by atoms with Gasteiger partial charge in [0.1, 0.15) is 0 Å². The molecule has 0 saturated carbocycles. The second-order valence-electron chi connectivity index (χ2n) is 2.73. The molecule has 0 fully saturated rings. The van der Waals surface area contributed by atoms with Crippen molar-refractivity contribution in [2.24, 2.45) is 0 Å². The number of hydrogen-bond donors (Lipinski definition) is 0. The van der Waals surface area contributed by atoms with Gasteiger partial charge >= 0.3 is 69.5 Å². The van der Waals surface area contributed by atoms with E-state index in [0.29, 0.717) is 0 Å². The summed E-state index contributed by atoms with van der Waals surface area (Å²) in [6.07, 6.45) is 0. The van der Waals surface area contributed by atoms with Crippen LogP contribution in [0.15, 0.2) is 30.3 Å². The van der Waals surface area contributed by atoms with Gasteiger partial charge < -0.3 is 0 Å². The third-order valence-electron chi connectivity index (χ3n) is 1.56. The minimum absolute atomic E-state index is 1.23. The maximum absolute atomic E-state index is 8.87. The second-order valence-corrected chi connectivity index (χ2v) is 9.67. The monoisotopic (exact) mass is 213 g/mol. The Bertz CT molecular complexity index is 271. The van der Waals surface area contributed by atoms with Crippen molar-refractivity contribution < 1.29 is 0 Å². The first-order valence-corrected chi connectivity index (χ1v) is 8.50. The predicted molar refractivity (Wildman–Crippen MR) is 49.2 cm³/mol. The van der Waals surface area contributed by atoms with Gasteiger partial charge in [0, 0.05) is 0 Å². The fourth-order valence-corrected chi connectivity index (χ4v) is 2.79. The predicted octanol–water partition coefficient (Wildman–Crippen LogP) is 1.66. The zero-order chi connectivity index (χ0) is 8.32. The van der Waals surface area contributed by atoms with Crippen molar-refractivity contribution in [1.82, 2.24) is 0 Å². The third kappa shape index (κ3) is 1.83. The summed E-state index contributed by atoms with van der Waals surface area (Å²) in [4.78, 5) is 2.41. The van der Waals surface area contributed by atoms with Gasteiger partial charge in [0.25, 0.3) is 0 Å². The molecule has 1 nitrogen and oxygen atoms in total. The van der Waals surface area contributed by atoms with E-state index >= 15 is 0 Å². The van der Waals surface area contributed by atoms with Crippen molar-refractivity contribution in [2.45, 2.75) is 11.6 Å². The average Bonchev–Trinajstić information content (AvgIpc) is 2.06. The Morgan fingerprint density at radius 2 is 1.73 bits per heavy atom. The summed E-state index contributed by atoms with van der Waals surface area (Å²) in [7, 11) is 0. The Labute approximate surface area is 69.9 Å². The molecule has 0 saturated heterocycles. The molecule has 1 aromatic carbocycles. The van der Waals surface area contributed by atoms with Gasteiger partial charge in [0.05, 0.1) is 0 Å². The van der Waals surface area contributed by atoms with Crippen LogP contribution < -0.4 is 4.46 Å². The molecular weight excluding hydrogens is 201 g/mol. The summed E-state index contributed by atoms with van der Waals surface area (Å²) in [6, 6.07) is 10.1. The number of rotatable bonds is 1. The Kier molecular flexibility index (Phi) is 2.34. The molecule has 0 aliphatic carbocycles. The Balaban J connectivity index is 3.05. The fraction of sp³-hybridized carbons (Fsp3) is 0.222. The topological polar surface area (TPSA) is 23.8 Å². The second kappa shape index (κ2) is 3.09. The SMILES string of the molecule is C[Se](C)(C#N)c1ccccc1. The number of benzene rings is 1. The first-order chi connectivity index (χ1) is 5.17. The summed E-state index contributed by atoms with van der Waals surface area (Å²) in [5, 5.41) is 8.87. The van der Waals surface area contributed by atoms with Crippen molar-refractivity contribution in [3.8, 4) is 4.97 Å². The molecule has 0 spiro atoms. The van der Waals surface area contributed by atoms with E-state index < -0.39 is 12.8 Å². The van der Waals surface area contributed by atoms with Crippen LogP contribution in [0, 0.1) is 10.2 Å². The number of hydrogen-bond acceptors (Lipinski definition) is 1. The zero-order valence-electron chi connectivity index (χ0n) is 6.74. The zero-order valence-corrected chi connectivity index (χ0v) is 8.46. The average molecular weight is 212 g/mol. The fourth-order valence-electron chi connectivity index (χ4n) is 0.813. The van der Waals surface area contributed by atoms with E-state index in [9.17, 15) is 0 Å². The van der Waals surface area contributed by atoms with E-state index in [-0.39, 0.29) is 0 Å². The van der Waals surface area contributed by atoms with Gasteiger partial charge in [0.2, 0.25) is 0 Å². The molecule has 0 aromatic heterocycles. The summed E-state index contributed by atoms with van der Waals surface area (Å²) < 4.78 is 1.23. The molecule has 0 aliphatic rings. The van der Waals surface area contributed by atoms with Crippen molar-refractivity contribution in [3.05, 3.63) is 30.3 Å². The summed E-state index contributed by atoms with van der Waals surface area (Å²) >= 11 is -1.92. The molecule has 0 aliphatic heterocycles. The van der Waals surface area contributed by atoms with Crippen molar-refractivity contribution in [3.63, 3.8) is 0 Å². The summed E-state index contributed by atoms with van der Waals surface area (Å²) in [5.41, 5.74) is 0. The normalized spacial score (nSPS) is 12.1. The van der Waals surface area contributed by atoms with Gasteiger partial charge in [0.15, 0.2) is 0 Å². The molecule has 0 amide bonds. The molecule has 0 N–H and O–H groups in total. The van der Waals surface area contributed by atoms with Gasteiger partial charge in [-0.2, -0.15) is 0 Å². The van der Waals surface area contributed by atoms with E-state index in [0.717, 1.165) is 0 Å². The van der Waals surface area contributed by atoms with Crippen LogP contribution in [-0.2, 0) is 0 Å². The van der Waals surface area contributed by atoms with Crippen molar-refractivity contribution in [2.75, 3.05) is 0 Å². The molecule has 11 heavy (non-hydrogen) atoms. The van der Waals surface area contributed by atoms with Crippen LogP contribution in [0.3, 0.4) is 0 Å². The van der Waals surface area contributed by atoms with Crippen LogP contribution >= 0.6 is 0 Å². The van der Waals surface area contributed by atoms with Crippen LogP contribution in [0.2, 0.25) is 11.6 Å². The van der Waals surface area contributed by atoms with Gasteiger partial charge in [-0.3, -0.25) is 0 Å². The van der Waals surface area contributed by atoms with E-state index in [2.05, 4.69) is 16.6 Å². The van der Waals surface area contributed by atoms with Crippen LogP contribution in [0.5, 0.6) is 0 Å². The van der Waals surface area contributed by atoms with E-state index in [1.807, 2.05) is 30.3 Å². The maximum atomic E-state index is 8.87. The van der Waals surface area contributed by atoms with E-state index in [1.54, 1.807) is 0 Å². The molecule has 0 atom stereocenters. The third-order valence-corrected chi connectivity index (χ3v) is 5.56. The molecule has 0 unspecified atom stereocenters. The van der Waals surface area contributed by atoms with Gasteiger partial charge in [-0.25, -0.2) is 0 Å². The van der Waals surface area contributed by atoms with E-state index in [1.165, 1.54) is 4.46 Å². The van der Waals surface area contributed by atoms with Crippen LogP contribution in [-0.4, -0.2) is 12.8 Å². The first kappa shape index (κ1) is 8.33. The summed E-state index contributed by atoms with van der Waals surface area (Å²) in [5.74, 6) is 4.15.